The molecular formula is C89H99Cl2N9O33. The molecule has 133 heavy (non-hydrogen) atoms. The van der Waals surface area contributed by atoms with Gasteiger partial charge in [-0.2, -0.15) is 0 Å². The molecule has 9 aliphatic heterocycles. The number of para-hydroxylation sites is 1. The van der Waals surface area contributed by atoms with E-state index in [0.717, 1.165) is 111 Å². The molecule has 44 heteroatoms. The second-order valence-corrected chi connectivity index (χ2v) is 34.1. The van der Waals surface area contributed by atoms with Gasteiger partial charge in [-0.05, 0) is 113 Å². The van der Waals surface area contributed by atoms with Crippen LogP contribution >= 0.6 is 23.2 Å². The van der Waals surface area contributed by atoms with Crippen molar-refractivity contribution < 1.29 is 162 Å². The molecule has 0 spiro atoms. The predicted molar refractivity (Wildman–Crippen MR) is 458 cm³/mol. The van der Waals surface area contributed by atoms with E-state index in [2.05, 4.69) is 56.4 Å². The van der Waals surface area contributed by atoms with Crippen LogP contribution in [0.25, 0.3) is 11.1 Å². The van der Waals surface area contributed by atoms with E-state index in [0.29, 0.717) is 18.8 Å². The first-order valence-corrected chi connectivity index (χ1v) is 43.3. The van der Waals surface area contributed by atoms with E-state index in [4.69, 9.17) is 71.6 Å². The van der Waals surface area contributed by atoms with Crippen LogP contribution in [0.3, 0.4) is 0 Å². The number of carboxylic acids is 1. The van der Waals surface area contributed by atoms with Crippen molar-refractivity contribution >= 4 is 76.4 Å². The summed E-state index contributed by atoms with van der Waals surface area (Å²) in [7, 11) is 0. The van der Waals surface area contributed by atoms with Crippen LogP contribution in [0.1, 0.15) is 141 Å². The number of aliphatic carboxylic acids is 1. The van der Waals surface area contributed by atoms with Gasteiger partial charge < -0.3 is 167 Å². The SMILES string of the molecule is CC[C@@H](C)CCCCCCC(=O)N[C@@H]1[C@H](Oc2c3cc4cc2Oc2ccc(cc2Cl)[C@@H](O[C@@H]2O[C@H](CO)[C@H](O)[C@@H](O)[C@H]2NC(C)=O)[C@H]2NC(=O)C(NC(=O)[C@@H]4NC(=O)[C@@H]4NC(=O)[C@H](Cc5ccc(c(Cl)c5)O3)NC(=O)[C@H](N)c3cccc(O)c3Oc3cc(O)cc4c3)c3ccc(O)c(c3)-c3c(O[C@@H]4O[C@H](CO)[C@@H](O)[C@H](O)[C@@H]4O)cc(O)cc3[C@@H](C(=O)O)NC2=O)O[C@H](CO)[C@H](O)[C@@H]1O. The number of unbranched alkanes of at least 4 members (excludes halogenated alkanes) is 3. The number of ether oxygens (including phenoxy) is 9. The fourth-order valence-electron chi connectivity index (χ4n) is 16.7. The van der Waals surface area contributed by atoms with Gasteiger partial charge in [0.05, 0.1) is 29.9 Å². The van der Waals surface area contributed by atoms with Gasteiger partial charge in [0.15, 0.2) is 35.3 Å². The zero-order chi connectivity index (χ0) is 95.6. The molecule has 7 aromatic carbocycles. The third-order valence-corrected chi connectivity index (χ3v) is 24.6. The lowest BCUT2D eigenvalue weighted by molar-refractivity contribution is -0.284. The van der Waals surface area contributed by atoms with Crippen molar-refractivity contribution in [1.29, 1.82) is 0 Å². The number of hydrogen-bond acceptors (Lipinski definition) is 33. The van der Waals surface area contributed by atoms with Gasteiger partial charge in [0.2, 0.25) is 65.6 Å². The van der Waals surface area contributed by atoms with Gasteiger partial charge >= 0.3 is 5.97 Å². The maximum atomic E-state index is 17.0. The number of benzene rings is 7. The minimum absolute atomic E-state index is 0.142. The summed E-state index contributed by atoms with van der Waals surface area (Å²) in [5, 5.41) is 191. The smallest absolute Gasteiger partial charge is 0.330 e. The second-order valence-electron chi connectivity index (χ2n) is 33.3. The summed E-state index contributed by atoms with van der Waals surface area (Å²) in [5.41, 5.74) is 2.64. The first-order valence-electron chi connectivity index (χ1n) is 42.5. The van der Waals surface area contributed by atoms with E-state index in [9.17, 15) is 95.8 Å². The van der Waals surface area contributed by atoms with Crippen LogP contribution in [0.5, 0.6) is 69.0 Å². The van der Waals surface area contributed by atoms with Gasteiger partial charge in [0, 0.05) is 54.2 Å². The maximum absolute atomic E-state index is 17.0. The quantitative estimate of drug-likeness (QED) is 0.0480. The first kappa shape index (κ1) is 97.0. The Hall–Kier alpha value is -12.1. The number of aliphatic hydroxyl groups excluding tert-OH is 10. The number of carbonyl (C=O) groups is 9. The first-order chi connectivity index (χ1) is 63.4. The van der Waals surface area contributed by atoms with Crippen LogP contribution in [0.2, 0.25) is 10.0 Å². The zero-order valence-electron chi connectivity index (χ0n) is 71.0. The van der Waals surface area contributed by atoms with E-state index in [1.54, 1.807) is 0 Å². The van der Waals surface area contributed by atoms with Gasteiger partial charge in [-0.3, -0.25) is 38.4 Å². The molecule has 9 aliphatic rings. The Morgan fingerprint density at radius 1 is 0.526 bits per heavy atom. The normalized spacial score (nSPS) is 29.0. The lowest BCUT2D eigenvalue weighted by Crippen LogP contribution is -2.65. The van der Waals surface area contributed by atoms with Crippen LogP contribution in [0, 0.1) is 5.92 Å². The van der Waals surface area contributed by atoms with E-state index >= 15 is 24.0 Å². The van der Waals surface area contributed by atoms with E-state index in [1.807, 2.05) is 0 Å². The number of nitrogens with one attached hydrogen (secondary N) is 8. The Morgan fingerprint density at radius 2 is 1.11 bits per heavy atom. The summed E-state index contributed by atoms with van der Waals surface area (Å²) >= 11 is 14.7. The van der Waals surface area contributed by atoms with E-state index in [-0.39, 0.29) is 28.3 Å². The van der Waals surface area contributed by atoms with E-state index in [1.165, 1.54) is 36.4 Å². The van der Waals surface area contributed by atoms with Gasteiger partial charge in [0.1, 0.15) is 156 Å². The second kappa shape index (κ2) is 41.2. The molecule has 0 saturated carbocycles. The Bertz CT molecular complexity index is 5580. The fourth-order valence-corrected chi connectivity index (χ4v) is 17.2. The molecule has 8 amide bonds. The molecular weight excluding hydrogens is 1790 g/mol. The van der Waals surface area contributed by atoms with Gasteiger partial charge in [-0.1, -0.05) is 99.5 Å². The van der Waals surface area contributed by atoms with Crippen LogP contribution in [-0.4, -0.2) is 254 Å². The molecule has 712 valence electrons. The van der Waals surface area contributed by atoms with Crippen LogP contribution in [0.4, 0.5) is 0 Å². The molecule has 9 heterocycles. The number of phenols is 4. The van der Waals surface area contributed by atoms with Gasteiger partial charge in [-0.15, -0.1) is 0 Å². The maximum Gasteiger partial charge on any atom is 0.330 e. The van der Waals surface area contributed by atoms with Crippen molar-refractivity contribution in [2.75, 3.05) is 19.8 Å². The molecule has 0 aliphatic carbocycles. The number of aromatic hydroxyl groups is 4. The van der Waals surface area contributed by atoms with Crippen molar-refractivity contribution in [3.05, 3.63) is 164 Å². The summed E-state index contributed by atoms with van der Waals surface area (Å²) in [5.74, 6) is -19.4. The molecule has 7 aromatic rings. The molecule has 42 nitrogen and oxygen atoms in total. The van der Waals surface area contributed by atoms with Crippen molar-refractivity contribution in [2.24, 2.45) is 11.7 Å². The lowest BCUT2D eigenvalue weighted by atomic mass is 9.89. The highest BCUT2D eigenvalue weighted by atomic mass is 35.5. The summed E-state index contributed by atoms with van der Waals surface area (Å²) in [6.07, 6.45) is -24.9. The minimum atomic E-state index is -2.59. The zero-order valence-corrected chi connectivity index (χ0v) is 72.5. The van der Waals surface area contributed by atoms with Crippen molar-refractivity contribution in [3.63, 3.8) is 0 Å². The molecule has 0 aromatic heterocycles. The molecule has 1 unspecified atom stereocenters. The third kappa shape index (κ3) is 21.0. The number of hydrogen-bond donors (Lipinski definition) is 24. The third-order valence-electron chi connectivity index (χ3n) is 24.0. The number of phenolic OH excluding ortho intramolecular Hbond substituents is 4. The van der Waals surface area contributed by atoms with Crippen LogP contribution in [-0.2, 0) is 68.5 Å². The number of amides is 8. The van der Waals surface area contributed by atoms with Crippen molar-refractivity contribution in [3.8, 4) is 80.1 Å². The average Bonchev–Trinajstić information content (AvgIpc) is 0.789. The Labute approximate surface area is 766 Å². The van der Waals surface area contributed by atoms with Crippen molar-refractivity contribution in [2.45, 2.75) is 213 Å². The van der Waals surface area contributed by atoms with Crippen LogP contribution in [0.15, 0.2) is 115 Å². The molecule has 3 fully saturated rings. The fraction of sp³-hybridized carbons (Fsp3) is 0.427. The largest absolute Gasteiger partial charge is 0.508 e. The monoisotopic (exact) mass is 1890 g/mol. The molecule has 15 bridgehead atoms. The number of aliphatic hydroxyl groups is 10. The summed E-state index contributed by atoms with van der Waals surface area (Å²) in [6.45, 7) is 2.03. The molecule has 0 radical (unpaired) electrons. The molecule has 3 saturated heterocycles. The summed E-state index contributed by atoms with van der Waals surface area (Å²) < 4.78 is 57.6. The number of nitrogens with two attached hydrogens (primary N) is 1. The topological polar surface area (TPSA) is 662 Å². The summed E-state index contributed by atoms with van der Waals surface area (Å²) in [6, 6.07) is 0.701. The van der Waals surface area contributed by atoms with Crippen molar-refractivity contribution in [1.82, 2.24) is 42.5 Å². The highest BCUT2D eigenvalue weighted by Gasteiger charge is 2.52. The van der Waals surface area contributed by atoms with Crippen LogP contribution < -0.4 is 72.0 Å². The van der Waals surface area contributed by atoms with E-state index < -0.39 is 327 Å². The Kier molecular flexibility index (Phi) is 30.0. The lowest BCUT2D eigenvalue weighted by Gasteiger charge is -2.44. The summed E-state index contributed by atoms with van der Waals surface area (Å²) in [4.78, 5) is 139. The highest BCUT2D eigenvalue weighted by Crippen LogP contribution is 2.51. The number of carbonyl (C=O) groups excluding carboxylic acids is 8. The average molecular weight is 1890 g/mol. The molecule has 24 atom stereocenters. The number of rotatable bonds is 20. The number of halogens is 2. The predicted octanol–water partition coefficient (Wildman–Crippen LogP) is 1.41. The highest BCUT2D eigenvalue weighted by molar-refractivity contribution is 6.32. The Balaban J connectivity index is 1.03. The van der Waals surface area contributed by atoms with Gasteiger partial charge in [0.25, 0.3) is 0 Å². The van der Waals surface area contributed by atoms with Gasteiger partial charge in [-0.25, -0.2) is 4.79 Å². The molecule has 25 N–H and O–H groups in total. The number of carboxylic acid groups (broad SMARTS) is 1. The molecule has 16 rings (SSSR count). The standard InChI is InChI=1S/C89H99Cl2N9O33/c1-4-34(2)10-7-5-6-8-13-60(109)95-68-74(114)71(111)58(32-102)130-88(68)133-79-55-26-40-27-56(79)127-53-19-16-38(25-48(53)91)77(132-87-67(93-35(3)104)73(113)70(110)57(31-101)129-87)69-85(122)99-66(86(123)124)46-29-42(106)30-54(128-89-76(116)75(115)72(112)59(33-103)131-89)61(46)45-24-37(15-17-50(45)107)63(82(119)100-69)97-84(121)65(40)98-83(120)64-39-22-41(105)28-43(23-39)125-78-44(11-9-12-51(78)108)62(92)81(118)94-49(80(117)96-64)21-36-14-18-52(126-55)47(90)20-36/h9,11-12,14-20,22-30,34,49,57-59,62-77,87-89,101-103,105-108,110-116H,4-8,10,13,21,31-33,92H2,1-3H3,(H,93,104)(H,94,118)(H,95,109)(H,96,117)(H,97,121)(H,98,120)(H,99,122)(H,100,119)(H,123,124)/t34-,49+,57-,58-,59-,62-,63?,64-,65-,66+,67-,68+,69-,70+,71+,72-,73+,74-,75+,76+,77-,87+,88+,89-/m1/s1. The Morgan fingerprint density at radius 3 is 1.74 bits per heavy atom. The minimum Gasteiger partial charge on any atom is -0.508 e. The number of fused-ring (bicyclic) bond motifs is 13.